The molecular weight excluding hydrogens is 402 g/mol. The van der Waals surface area contributed by atoms with Crippen LogP contribution in [-0.2, 0) is 23.0 Å². The second-order valence-corrected chi connectivity index (χ2v) is 8.21. The summed E-state index contributed by atoms with van der Waals surface area (Å²) in [7, 11) is 1.98. The summed E-state index contributed by atoms with van der Waals surface area (Å²) >= 11 is 0. The zero-order chi connectivity index (χ0) is 21.5. The van der Waals surface area contributed by atoms with Gasteiger partial charge in [0.2, 0.25) is 0 Å². The van der Waals surface area contributed by atoms with Crippen LogP contribution in [0, 0.1) is 6.92 Å². The van der Waals surface area contributed by atoms with Crippen LogP contribution in [0.3, 0.4) is 0 Å². The largest absolute Gasteiger partial charge is 0.497 e. The fraction of sp³-hybridized carbons (Fsp3) is 0.261. The quantitative estimate of drug-likeness (QED) is 0.561. The lowest BCUT2D eigenvalue weighted by Crippen LogP contribution is -2.25. The molecule has 0 spiro atoms. The lowest BCUT2D eigenvalue weighted by atomic mass is 10.1. The summed E-state index contributed by atoms with van der Waals surface area (Å²) in [6, 6.07) is 16.4. The second-order valence-electron chi connectivity index (χ2n) is 6.76. The Morgan fingerprint density at radius 1 is 1.07 bits per heavy atom. The van der Waals surface area contributed by atoms with Gasteiger partial charge in [0, 0.05) is 11.4 Å². The predicted molar refractivity (Wildman–Crippen MR) is 116 cm³/mol. The van der Waals surface area contributed by atoms with Gasteiger partial charge in [-0.05, 0) is 66.9 Å². The molecule has 1 aromatic heterocycles. The normalized spacial score (nSPS) is 11.7. The SMILES string of the molecule is COc1ccc(OC)c(CCNC(=O)c2ccc(C[S@](=O)c3cccc(C)c3)o2)c1. The van der Waals surface area contributed by atoms with Crippen molar-refractivity contribution in [3.05, 3.63) is 77.2 Å². The van der Waals surface area contributed by atoms with Gasteiger partial charge in [0.25, 0.3) is 5.91 Å². The third-order valence-corrected chi connectivity index (χ3v) is 5.91. The van der Waals surface area contributed by atoms with Gasteiger partial charge in [0.05, 0.1) is 30.8 Å². The minimum atomic E-state index is -1.23. The fourth-order valence-corrected chi connectivity index (χ4v) is 4.15. The van der Waals surface area contributed by atoms with E-state index in [0.29, 0.717) is 18.7 Å². The van der Waals surface area contributed by atoms with Gasteiger partial charge < -0.3 is 19.2 Å². The first-order chi connectivity index (χ1) is 14.5. The zero-order valence-electron chi connectivity index (χ0n) is 17.3. The van der Waals surface area contributed by atoms with Gasteiger partial charge in [-0.1, -0.05) is 12.1 Å². The number of nitrogens with one attached hydrogen (secondary N) is 1. The van der Waals surface area contributed by atoms with E-state index in [-0.39, 0.29) is 17.4 Å². The molecule has 0 aliphatic rings. The van der Waals surface area contributed by atoms with Gasteiger partial charge in [-0.15, -0.1) is 0 Å². The maximum Gasteiger partial charge on any atom is 0.287 e. The number of benzene rings is 2. The number of carbonyl (C=O) groups excluding carboxylic acids is 1. The molecule has 1 amide bonds. The average molecular weight is 428 g/mol. The third kappa shape index (κ3) is 5.51. The highest BCUT2D eigenvalue weighted by Gasteiger charge is 2.14. The standard InChI is InChI=1S/C23H25NO5S/c1-16-5-4-6-20(13-16)30(26)15-19-8-10-22(29-19)23(25)24-12-11-17-14-18(27-2)7-9-21(17)28-3/h4-10,13-14H,11-12,15H2,1-3H3,(H,24,25)/t30-/m0/s1. The molecule has 3 rings (SSSR count). The molecule has 1 heterocycles. The monoisotopic (exact) mass is 427 g/mol. The van der Waals surface area contributed by atoms with E-state index in [9.17, 15) is 9.00 Å². The summed E-state index contributed by atoms with van der Waals surface area (Å²) in [6.45, 7) is 2.37. The Morgan fingerprint density at radius 3 is 2.63 bits per heavy atom. The zero-order valence-corrected chi connectivity index (χ0v) is 18.1. The molecule has 0 aliphatic carbocycles. The van der Waals surface area contributed by atoms with E-state index < -0.39 is 10.8 Å². The van der Waals surface area contributed by atoms with Crippen molar-refractivity contribution in [1.82, 2.24) is 5.32 Å². The van der Waals surface area contributed by atoms with Crippen molar-refractivity contribution in [2.75, 3.05) is 20.8 Å². The number of methoxy groups -OCH3 is 2. The van der Waals surface area contributed by atoms with Gasteiger partial charge in [-0.25, -0.2) is 0 Å². The molecule has 0 bridgehead atoms. The highest BCUT2D eigenvalue weighted by molar-refractivity contribution is 7.84. The molecular formula is C23H25NO5S. The fourth-order valence-electron chi connectivity index (χ4n) is 3.02. The number of furan rings is 1. The maximum absolute atomic E-state index is 12.5. The molecule has 3 aromatic rings. The Morgan fingerprint density at radius 2 is 1.90 bits per heavy atom. The van der Waals surface area contributed by atoms with Gasteiger partial charge in [0.15, 0.2) is 5.76 Å². The summed E-state index contributed by atoms with van der Waals surface area (Å²) in [6.07, 6.45) is 0.580. The number of amides is 1. The van der Waals surface area contributed by atoms with E-state index in [1.165, 1.54) is 0 Å². The van der Waals surface area contributed by atoms with Gasteiger partial charge in [0.1, 0.15) is 17.3 Å². The van der Waals surface area contributed by atoms with E-state index in [4.69, 9.17) is 13.9 Å². The molecule has 0 saturated heterocycles. The Kier molecular flexibility index (Phi) is 7.30. The summed E-state index contributed by atoms with van der Waals surface area (Å²) in [5.41, 5.74) is 1.99. The van der Waals surface area contributed by atoms with Crippen molar-refractivity contribution in [2.45, 2.75) is 24.0 Å². The smallest absolute Gasteiger partial charge is 0.287 e. The molecule has 0 fully saturated rings. The molecule has 0 radical (unpaired) electrons. The number of aryl methyl sites for hydroxylation is 1. The van der Waals surface area contributed by atoms with Crippen molar-refractivity contribution in [3.63, 3.8) is 0 Å². The maximum atomic E-state index is 12.5. The van der Waals surface area contributed by atoms with Crippen LogP contribution in [0.25, 0.3) is 0 Å². The summed E-state index contributed by atoms with van der Waals surface area (Å²) in [4.78, 5) is 13.1. The lowest BCUT2D eigenvalue weighted by Gasteiger charge is -2.10. The van der Waals surface area contributed by atoms with Crippen molar-refractivity contribution < 1.29 is 22.9 Å². The molecule has 30 heavy (non-hydrogen) atoms. The van der Waals surface area contributed by atoms with Crippen LogP contribution in [-0.4, -0.2) is 30.9 Å². The van der Waals surface area contributed by atoms with Crippen molar-refractivity contribution in [1.29, 1.82) is 0 Å². The first-order valence-corrected chi connectivity index (χ1v) is 10.8. The van der Waals surface area contributed by atoms with Gasteiger partial charge >= 0.3 is 0 Å². The van der Waals surface area contributed by atoms with Crippen molar-refractivity contribution in [2.24, 2.45) is 0 Å². The van der Waals surface area contributed by atoms with Crippen molar-refractivity contribution >= 4 is 16.7 Å². The molecule has 0 saturated carbocycles. The van der Waals surface area contributed by atoms with Crippen LogP contribution < -0.4 is 14.8 Å². The molecule has 7 heteroatoms. The van der Waals surface area contributed by atoms with Crippen LogP contribution in [0.4, 0.5) is 0 Å². The first-order valence-electron chi connectivity index (χ1n) is 9.53. The van der Waals surface area contributed by atoms with E-state index in [1.54, 1.807) is 26.4 Å². The van der Waals surface area contributed by atoms with Crippen LogP contribution >= 0.6 is 0 Å². The predicted octanol–water partition coefficient (Wildman–Crippen LogP) is 3.89. The number of hydrogen-bond donors (Lipinski definition) is 1. The highest BCUT2D eigenvalue weighted by Crippen LogP contribution is 2.24. The minimum absolute atomic E-state index is 0.198. The molecule has 2 aromatic carbocycles. The Bertz CT molecular complexity index is 1040. The Balaban J connectivity index is 1.56. The first kappa shape index (κ1) is 21.6. The van der Waals surface area contributed by atoms with Crippen molar-refractivity contribution in [3.8, 4) is 11.5 Å². The minimum Gasteiger partial charge on any atom is -0.497 e. The average Bonchev–Trinajstić information content (AvgIpc) is 3.22. The summed E-state index contributed by atoms with van der Waals surface area (Å²) in [5.74, 6) is 2.08. The van der Waals surface area contributed by atoms with Crippen LogP contribution in [0.15, 0.2) is 63.9 Å². The lowest BCUT2D eigenvalue weighted by molar-refractivity contribution is 0.0925. The number of carbonyl (C=O) groups is 1. The second kappa shape index (κ2) is 10.1. The van der Waals surface area contributed by atoms with Crippen LogP contribution in [0.2, 0.25) is 0 Å². The number of rotatable bonds is 9. The molecule has 0 aliphatic heterocycles. The van der Waals surface area contributed by atoms with Gasteiger partial charge in [-0.3, -0.25) is 9.00 Å². The molecule has 1 N–H and O–H groups in total. The van der Waals surface area contributed by atoms with Crippen LogP contribution in [0.1, 0.15) is 27.4 Å². The van der Waals surface area contributed by atoms with E-state index >= 15 is 0 Å². The highest BCUT2D eigenvalue weighted by atomic mass is 32.2. The molecule has 1 atom stereocenters. The van der Waals surface area contributed by atoms with E-state index in [0.717, 1.165) is 27.5 Å². The Hall–Kier alpha value is -3.06. The van der Waals surface area contributed by atoms with E-state index in [2.05, 4.69) is 5.32 Å². The molecule has 158 valence electrons. The Labute approximate surface area is 178 Å². The molecule has 0 unspecified atom stereocenters. The number of hydrogen-bond acceptors (Lipinski definition) is 5. The summed E-state index contributed by atoms with van der Waals surface area (Å²) < 4.78 is 28.7. The third-order valence-electron chi connectivity index (χ3n) is 4.58. The van der Waals surface area contributed by atoms with E-state index in [1.807, 2.05) is 49.4 Å². The summed E-state index contributed by atoms with van der Waals surface area (Å²) in [5, 5.41) is 2.84. The topological polar surface area (TPSA) is 77.8 Å². The van der Waals surface area contributed by atoms with Gasteiger partial charge in [-0.2, -0.15) is 0 Å². The number of ether oxygens (including phenoxy) is 2. The molecule has 6 nitrogen and oxygen atoms in total. The van der Waals surface area contributed by atoms with Crippen LogP contribution in [0.5, 0.6) is 11.5 Å².